The topological polar surface area (TPSA) is 62.3 Å². The van der Waals surface area contributed by atoms with Gasteiger partial charge < -0.3 is 5.32 Å². The van der Waals surface area contributed by atoms with Crippen LogP contribution in [0.4, 0.5) is 5.69 Å². The van der Waals surface area contributed by atoms with E-state index in [1.807, 2.05) is 6.92 Å². The molecule has 19 heavy (non-hydrogen) atoms. The van der Waals surface area contributed by atoms with Gasteiger partial charge in [0.15, 0.2) is 0 Å². The first-order valence-corrected chi connectivity index (χ1v) is 8.17. The molecule has 5 nitrogen and oxygen atoms in total. The molecule has 1 aromatic rings. The summed E-state index contributed by atoms with van der Waals surface area (Å²) in [5, 5.41) is 3.15. The number of rotatable bonds is 6. The SMILES string of the molecule is CCCNc1ccncc1S(=O)(=O)N(C)C1CCC1. The number of pyridine rings is 1. The fourth-order valence-corrected chi connectivity index (χ4v) is 3.62. The molecule has 1 N–H and O–H groups in total. The van der Waals surface area contributed by atoms with Crippen molar-refractivity contribution in [2.45, 2.75) is 43.5 Å². The molecule has 0 atom stereocenters. The molecular formula is C13H21N3O2S. The van der Waals surface area contributed by atoms with Gasteiger partial charge in [-0.3, -0.25) is 4.98 Å². The summed E-state index contributed by atoms with van der Waals surface area (Å²) in [6.45, 7) is 2.79. The Kier molecular flexibility index (Phi) is 4.42. The smallest absolute Gasteiger partial charge is 0.246 e. The Morgan fingerprint density at radius 3 is 2.79 bits per heavy atom. The van der Waals surface area contributed by atoms with Crippen LogP contribution in [0.5, 0.6) is 0 Å². The molecule has 106 valence electrons. The number of nitrogens with one attached hydrogen (secondary N) is 1. The van der Waals surface area contributed by atoms with E-state index >= 15 is 0 Å². The first-order valence-electron chi connectivity index (χ1n) is 6.73. The third kappa shape index (κ3) is 2.90. The molecule has 0 unspecified atom stereocenters. The lowest BCUT2D eigenvalue weighted by molar-refractivity contribution is 0.249. The van der Waals surface area contributed by atoms with Crippen LogP contribution in [0.15, 0.2) is 23.4 Å². The van der Waals surface area contributed by atoms with Gasteiger partial charge >= 0.3 is 0 Å². The Balaban J connectivity index is 2.28. The average molecular weight is 283 g/mol. The minimum atomic E-state index is -3.45. The van der Waals surface area contributed by atoms with E-state index in [1.54, 1.807) is 19.3 Å². The number of hydrogen-bond acceptors (Lipinski definition) is 4. The second kappa shape index (κ2) is 5.88. The molecule has 0 radical (unpaired) electrons. The van der Waals surface area contributed by atoms with E-state index in [0.717, 1.165) is 32.2 Å². The van der Waals surface area contributed by atoms with Gasteiger partial charge in [0, 0.05) is 32.0 Å². The van der Waals surface area contributed by atoms with Gasteiger partial charge in [0.05, 0.1) is 5.69 Å². The Morgan fingerprint density at radius 2 is 2.21 bits per heavy atom. The summed E-state index contributed by atoms with van der Waals surface area (Å²) in [5.41, 5.74) is 0.642. The Bertz CT molecular complexity index is 526. The normalized spacial score (nSPS) is 16.4. The van der Waals surface area contributed by atoms with Gasteiger partial charge in [0.25, 0.3) is 0 Å². The highest BCUT2D eigenvalue weighted by Gasteiger charge is 2.33. The number of sulfonamides is 1. The maximum absolute atomic E-state index is 12.6. The molecule has 0 aromatic carbocycles. The minimum Gasteiger partial charge on any atom is -0.384 e. The quantitative estimate of drug-likeness (QED) is 0.868. The van der Waals surface area contributed by atoms with Crippen LogP contribution >= 0.6 is 0 Å². The van der Waals surface area contributed by atoms with Crippen LogP contribution in [0.1, 0.15) is 32.6 Å². The lowest BCUT2D eigenvalue weighted by Gasteiger charge is -2.34. The average Bonchev–Trinajstić information content (AvgIpc) is 2.34. The van der Waals surface area contributed by atoms with E-state index in [9.17, 15) is 8.42 Å². The van der Waals surface area contributed by atoms with Crippen molar-refractivity contribution in [2.24, 2.45) is 0 Å². The van der Waals surface area contributed by atoms with E-state index in [0.29, 0.717) is 5.69 Å². The van der Waals surface area contributed by atoms with Crippen LogP contribution in [0.25, 0.3) is 0 Å². The largest absolute Gasteiger partial charge is 0.384 e. The summed E-state index contributed by atoms with van der Waals surface area (Å²) in [5.74, 6) is 0. The molecule has 0 bridgehead atoms. The molecule has 0 saturated heterocycles. The third-order valence-electron chi connectivity index (χ3n) is 3.60. The van der Waals surface area contributed by atoms with Crippen molar-refractivity contribution in [3.8, 4) is 0 Å². The summed E-state index contributed by atoms with van der Waals surface area (Å²) in [6.07, 6.45) is 7.00. The van der Waals surface area contributed by atoms with Crippen LogP contribution in [0.2, 0.25) is 0 Å². The van der Waals surface area contributed by atoms with Crippen molar-refractivity contribution in [1.29, 1.82) is 0 Å². The van der Waals surface area contributed by atoms with E-state index < -0.39 is 10.0 Å². The molecule has 1 heterocycles. The summed E-state index contributed by atoms with van der Waals surface area (Å²) in [7, 11) is -1.79. The zero-order valence-electron chi connectivity index (χ0n) is 11.5. The Labute approximate surface area is 115 Å². The Hall–Kier alpha value is -1.14. The van der Waals surface area contributed by atoms with Crippen molar-refractivity contribution < 1.29 is 8.42 Å². The molecule has 1 aliphatic rings. The van der Waals surface area contributed by atoms with Gasteiger partial charge in [0.2, 0.25) is 10.0 Å². The molecule has 0 amide bonds. The zero-order valence-corrected chi connectivity index (χ0v) is 12.3. The molecule has 1 aromatic heterocycles. The Morgan fingerprint density at radius 1 is 1.47 bits per heavy atom. The first-order chi connectivity index (χ1) is 9.07. The van der Waals surface area contributed by atoms with E-state index in [-0.39, 0.29) is 10.9 Å². The summed E-state index contributed by atoms with van der Waals surface area (Å²) in [4.78, 5) is 4.24. The highest BCUT2D eigenvalue weighted by Crippen LogP contribution is 2.30. The molecule has 0 spiro atoms. The zero-order chi connectivity index (χ0) is 13.9. The highest BCUT2D eigenvalue weighted by atomic mass is 32.2. The second-order valence-electron chi connectivity index (χ2n) is 4.90. The maximum Gasteiger partial charge on any atom is 0.246 e. The number of anilines is 1. The van der Waals surface area contributed by atoms with Crippen LogP contribution < -0.4 is 5.32 Å². The van der Waals surface area contributed by atoms with Crippen molar-refractivity contribution in [2.75, 3.05) is 18.9 Å². The summed E-state index contributed by atoms with van der Waals surface area (Å²) < 4.78 is 26.7. The molecule has 1 aliphatic carbocycles. The lowest BCUT2D eigenvalue weighted by Crippen LogP contribution is -2.41. The van der Waals surface area contributed by atoms with Gasteiger partial charge in [0.1, 0.15) is 4.90 Å². The first kappa shape index (κ1) is 14.3. The predicted molar refractivity (Wildman–Crippen MR) is 75.6 cm³/mol. The summed E-state index contributed by atoms with van der Waals surface area (Å²) in [6, 6.07) is 1.86. The minimum absolute atomic E-state index is 0.143. The highest BCUT2D eigenvalue weighted by molar-refractivity contribution is 7.89. The van der Waals surface area contributed by atoms with Crippen molar-refractivity contribution in [1.82, 2.24) is 9.29 Å². The van der Waals surface area contributed by atoms with Gasteiger partial charge in [-0.25, -0.2) is 8.42 Å². The molecule has 2 rings (SSSR count). The monoisotopic (exact) mass is 283 g/mol. The van der Waals surface area contributed by atoms with Gasteiger partial charge in [-0.2, -0.15) is 4.31 Å². The van der Waals surface area contributed by atoms with E-state index in [4.69, 9.17) is 0 Å². The number of aromatic nitrogens is 1. The van der Waals surface area contributed by atoms with Gasteiger partial charge in [-0.15, -0.1) is 0 Å². The fourth-order valence-electron chi connectivity index (χ4n) is 2.09. The van der Waals surface area contributed by atoms with Crippen molar-refractivity contribution in [3.63, 3.8) is 0 Å². The van der Waals surface area contributed by atoms with Crippen molar-refractivity contribution >= 4 is 15.7 Å². The van der Waals surface area contributed by atoms with Crippen LogP contribution in [0, 0.1) is 0 Å². The molecular weight excluding hydrogens is 262 g/mol. The lowest BCUT2D eigenvalue weighted by atomic mass is 9.94. The standard InChI is InChI=1S/C13H21N3O2S/c1-3-8-15-12-7-9-14-10-13(12)19(17,18)16(2)11-5-4-6-11/h7,9-11H,3-6,8H2,1-2H3,(H,14,15). The van der Waals surface area contributed by atoms with Crippen LogP contribution in [-0.4, -0.2) is 37.3 Å². The van der Waals surface area contributed by atoms with Gasteiger partial charge in [-0.1, -0.05) is 13.3 Å². The molecule has 1 saturated carbocycles. The maximum atomic E-state index is 12.6. The number of hydrogen-bond donors (Lipinski definition) is 1. The van der Waals surface area contributed by atoms with E-state index in [2.05, 4.69) is 10.3 Å². The number of nitrogens with zero attached hydrogens (tertiary/aromatic N) is 2. The summed E-state index contributed by atoms with van der Waals surface area (Å²) >= 11 is 0. The predicted octanol–water partition coefficient (Wildman–Crippen LogP) is 2.08. The van der Waals surface area contributed by atoms with Crippen molar-refractivity contribution in [3.05, 3.63) is 18.5 Å². The molecule has 1 fully saturated rings. The third-order valence-corrected chi connectivity index (χ3v) is 5.53. The van der Waals surface area contributed by atoms with Gasteiger partial charge in [-0.05, 0) is 25.3 Å². The second-order valence-corrected chi connectivity index (χ2v) is 6.87. The van der Waals surface area contributed by atoms with E-state index in [1.165, 1.54) is 10.5 Å². The molecule has 6 heteroatoms. The molecule has 0 aliphatic heterocycles. The van der Waals surface area contributed by atoms with Crippen LogP contribution in [-0.2, 0) is 10.0 Å². The fraction of sp³-hybridized carbons (Fsp3) is 0.615. The van der Waals surface area contributed by atoms with Crippen LogP contribution in [0.3, 0.4) is 0 Å².